The highest BCUT2D eigenvalue weighted by atomic mass is 35.5. The fraction of sp³-hybridized carbons (Fsp3) is 0.400. The van der Waals surface area contributed by atoms with Crippen molar-refractivity contribution in [3.63, 3.8) is 0 Å². The fourth-order valence-electron chi connectivity index (χ4n) is 3.11. The standard InChI is InChI=1S/C20H25ClN2O4/c1-24-18-12-20(26-3)19(25-2)10-14(18)13-22-15-4-5-17(16(21)11-15)23-6-8-27-9-7-23/h4-5,10-12,22H,6-9,13H2,1-3H3. The Morgan fingerprint density at radius 1 is 0.963 bits per heavy atom. The maximum absolute atomic E-state index is 6.51. The van der Waals surface area contributed by atoms with Gasteiger partial charge in [-0.1, -0.05) is 11.6 Å². The van der Waals surface area contributed by atoms with Crippen molar-refractivity contribution in [2.45, 2.75) is 6.54 Å². The number of ether oxygens (including phenoxy) is 4. The highest BCUT2D eigenvalue weighted by Gasteiger charge is 2.15. The molecule has 1 saturated heterocycles. The van der Waals surface area contributed by atoms with Gasteiger partial charge in [0.2, 0.25) is 0 Å². The Hall–Kier alpha value is -2.31. The van der Waals surface area contributed by atoms with E-state index in [1.54, 1.807) is 21.3 Å². The van der Waals surface area contributed by atoms with Crippen molar-refractivity contribution < 1.29 is 18.9 Å². The van der Waals surface area contributed by atoms with Gasteiger partial charge < -0.3 is 29.2 Å². The molecular formula is C20H25ClN2O4. The predicted octanol–water partition coefficient (Wildman–Crippen LogP) is 3.81. The molecule has 1 heterocycles. The van der Waals surface area contributed by atoms with Crippen LogP contribution in [0.5, 0.6) is 17.2 Å². The molecular weight excluding hydrogens is 368 g/mol. The monoisotopic (exact) mass is 392 g/mol. The van der Waals surface area contributed by atoms with E-state index in [4.69, 9.17) is 30.5 Å². The molecule has 1 aliphatic heterocycles. The van der Waals surface area contributed by atoms with E-state index >= 15 is 0 Å². The molecule has 6 nitrogen and oxygen atoms in total. The van der Waals surface area contributed by atoms with Crippen LogP contribution >= 0.6 is 11.6 Å². The molecule has 1 aliphatic rings. The quantitative estimate of drug-likeness (QED) is 0.773. The molecule has 0 aromatic heterocycles. The highest BCUT2D eigenvalue weighted by Crippen LogP contribution is 2.35. The lowest BCUT2D eigenvalue weighted by atomic mass is 10.1. The number of nitrogens with one attached hydrogen (secondary N) is 1. The topological polar surface area (TPSA) is 52.2 Å². The molecule has 7 heteroatoms. The first-order valence-electron chi connectivity index (χ1n) is 8.81. The third kappa shape index (κ3) is 4.51. The van der Waals surface area contributed by atoms with Gasteiger partial charge in [-0.25, -0.2) is 0 Å². The van der Waals surface area contributed by atoms with Crippen LogP contribution in [0.1, 0.15) is 5.56 Å². The molecule has 2 aromatic carbocycles. The minimum atomic E-state index is 0.566. The zero-order valence-electron chi connectivity index (χ0n) is 15.9. The third-order valence-corrected chi connectivity index (χ3v) is 4.87. The lowest BCUT2D eigenvalue weighted by molar-refractivity contribution is 0.122. The van der Waals surface area contributed by atoms with Gasteiger partial charge in [-0.2, -0.15) is 0 Å². The predicted molar refractivity (Wildman–Crippen MR) is 108 cm³/mol. The highest BCUT2D eigenvalue weighted by molar-refractivity contribution is 6.33. The van der Waals surface area contributed by atoms with E-state index in [0.29, 0.717) is 18.0 Å². The number of rotatable bonds is 7. The fourth-order valence-corrected chi connectivity index (χ4v) is 3.41. The van der Waals surface area contributed by atoms with Crippen molar-refractivity contribution in [3.05, 3.63) is 40.9 Å². The molecule has 0 aliphatic carbocycles. The molecule has 0 amide bonds. The number of halogens is 1. The summed E-state index contributed by atoms with van der Waals surface area (Å²) >= 11 is 6.51. The van der Waals surface area contributed by atoms with Crippen molar-refractivity contribution in [2.24, 2.45) is 0 Å². The Bertz CT molecular complexity index is 779. The minimum Gasteiger partial charge on any atom is -0.496 e. The second kappa shape index (κ2) is 9.06. The van der Waals surface area contributed by atoms with Crippen LogP contribution in [0.3, 0.4) is 0 Å². The molecule has 0 unspecified atom stereocenters. The van der Waals surface area contributed by atoms with Crippen molar-refractivity contribution >= 4 is 23.0 Å². The van der Waals surface area contributed by atoms with Crippen LogP contribution < -0.4 is 24.4 Å². The maximum Gasteiger partial charge on any atom is 0.164 e. The molecule has 2 aromatic rings. The summed E-state index contributed by atoms with van der Waals surface area (Å²) in [4.78, 5) is 2.24. The zero-order chi connectivity index (χ0) is 19.2. The summed E-state index contributed by atoms with van der Waals surface area (Å²) in [6, 6.07) is 9.75. The SMILES string of the molecule is COc1cc(OC)c(OC)cc1CNc1ccc(N2CCOCC2)c(Cl)c1. The lowest BCUT2D eigenvalue weighted by Gasteiger charge is -2.29. The second-order valence-electron chi connectivity index (χ2n) is 6.14. The first kappa shape index (κ1) is 19.5. The molecule has 0 saturated carbocycles. The van der Waals surface area contributed by atoms with Crippen LogP contribution in [-0.4, -0.2) is 47.6 Å². The van der Waals surface area contributed by atoms with Gasteiger partial charge in [0.25, 0.3) is 0 Å². The first-order chi connectivity index (χ1) is 13.2. The van der Waals surface area contributed by atoms with E-state index in [0.717, 1.165) is 54.0 Å². The Morgan fingerprint density at radius 2 is 1.63 bits per heavy atom. The van der Waals surface area contributed by atoms with Gasteiger partial charge >= 0.3 is 0 Å². The van der Waals surface area contributed by atoms with Crippen molar-refractivity contribution in [1.29, 1.82) is 0 Å². The summed E-state index contributed by atoms with van der Waals surface area (Å²) in [5, 5.41) is 4.11. The summed E-state index contributed by atoms with van der Waals surface area (Å²) in [6.45, 7) is 3.74. The van der Waals surface area contributed by atoms with E-state index < -0.39 is 0 Å². The second-order valence-corrected chi connectivity index (χ2v) is 6.55. The van der Waals surface area contributed by atoms with Crippen LogP contribution in [0.4, 0.5) is 11.4 Å². The Labute approximate surface area is 164 Å². The summed E-state index contributed by atoms with van der Waals surface area (Å²) in [6.07, 6.45) is 0. The smallest absolute Gasteiger partial charge is 0.164 e. The number of benzene rings is 2. The number of hydrogen-bond donors (Lipinski definition) is 1. The summed E-state index contributed by atoms with van der Waals surface area (Å²) in [7, 11) is 4.86. The molecule has 0 radical (unpaired) electrons. The lowest BCUT2D eigenvalue weighted by Crippen LogP contribution is -2.36. The maximum atomic E-state index is 6.51. The molecule has 0 bridgehead atoms. The van der Waals surface area contributed by atoms with Crippen LogP contribution in [0, 0.1) is 0 Å². The average Bonchev–Trinajstić information content (AvgIpc) is 2.72. The molecule has 27 heavy (non-hydrogen) atoms. The van der Waals surface area contributed by atoms with Gasteiger partial charge in [-0.3, -0.25) is 0 Å². The van der Waals surface area contributed by atoms with Gasteiger partial charge in [-0.15, -0.1) is 0 Å². The van der Waals surface area contributed by atoms with Gasteiger partial charge in [-0.05, 0) is 24.3 Å². The summed E-state index contributed by atoms with van der Waals surface area (Å²) in [5.74, 6) is 2.03. The number of morpholine rings is 1. The van der Waals surface area contributed by atoms with Crippen molar-refractivity contribution in [2.75, 3.05) is 57.8 Å². The zero-order valence-corrected chi connectivity index (χ0v) is 16.6. The number of methoxy groups -OCH3 is 3. The molecule has 1 fully saturated rings. The van der Waals surface area contributed by atoms with E-state index in [-0.39, 0.29) is 0 Å². The van der Waals surface area contributed by atoms with Gasteiger partial charge in [0.15, 0.2) is 11.5 Å². The number of anilines is 2. The van der Waals surface area contributed by atoms with Crippen LogP contribution in [0.15, 0.2) is 30.3 Å². The van der Waals surface area contributed by atoms with Crippen LogP contribution in [-0.2, 0) is 11.3 Å². The molecule has 0 spiro atoms. The van der Waals surface area contributed by atoms with Crippen molar-refractivity contribution in [3.8, 4) is 17.2 Å². The first-order valence-corrected chi connectivity index (χ1v) is 9.19. The normalized spacial score (nSPS) is 14.0. The van der Waals surface area contributed by atoms with Gasteiger partial charge in [0.1, 0.15) is 5.75 Å². The number of nitrogens with zero attached hydrogens (tertiary/aromatic N) is 1. The molecule has 0 atom stereocenters. The third-order valence-electron chi connectivity index (χ3n) is 4.57. The van der Waals surface area contributed by atoms with E-state index in [1.165, 1.54) is 0 Å². The minimum absolute atomic E-state index is 0.566. The summed E-state index contributed by atoms with van der Waals surface area (Å²) in [5.41, 5.74) is 2.94. The molecule has 3 rings (SSSR count). The number of hydrogen-bond acceptors (Lipinski definition) is 6. The average molecular weight is 393 g/mol. The molecule has 1 N–H and O–H groups in total. The van der Waals surface area contributed by atoms with E-state index in [1.807, 2.05) is 30.3 Å². The van der Waals surface area contributed by atoms with E-state index in [9.17, 15) is 0 Å². The molecule has 146 valence electrons. The summed E-state index contributed by atoms with van der Waals surface area (Å²) < 4.78 is 21.6. The Morgan fingerprint density at radius 3 is 2.26 bits per heavy atom. The van der Waals surface area contributed by atoms with Gasteiger partial charge in [0, 0.05) is 37.0 Å². The Kier molecular flexibility index (Phi) is 6.53. The van der Waals surface area contributed by atoms with Crippen LogP contribution in [0.25, 0.3) is 0 Å². The van der Waals surface area contributed by atoms with Crippen molar-refractivity contribution in [1.82, 2.24) is 0 Å². The Balaban J connectivity index is 1.73. The van der Waals surface area contributed by atoms with Crippen LogP contribution in [0.2, 0.25) is 5.02 Å². The van der Waals surface area contributed by atoms with Gasteiger partial charge in [0.05, 0.1) is 45.3 Å². The largest absolute Gasteiger partial charge is 0.496 e. The van der Waals surface area contributed by atoms with E-state index in [2.05, 4.69) is 10.2 Å².